The summed E-state index contributed by atoms with van der Waals surface area (Å²) >= 11 is 3.29. The van der Waals surface area contributed by atoms with Crippen molar-refractivity contribution in [3.63, 3.8) is 0 Å². The molecule has 2 aliphatic carbocycles. The van der Waals surface area contributed by atoms with E-state index in [0.29, 0.717) is 12.0 Å². The van der Waals surface area contributed by atoms with Gasteiger partial charge in [-0.25, -0.2) is 9.97 Å². The number of anilines is 1. The minimum absolute atomic E-state index is 0.512. The lowest BCUT2D eigenvalue weighted by Crippen LogP contribution is -2.37. The third-order valence-electron chi connectivity index (χ3n) is 5.60. The summed E-state index contributed by atoms with van der Waals surface area (Å²) in [5.74, 6) is 4.31. The van der Waals surface area contributed by atoms with Gasteiger partial charge < -0.3 is 9.45 Å². The Kier molecular flexibility index (Phi) is 6.22. The SMILES string of the molecule is CN(c1ncnc2c1C=CN(I)S2)C1CCC(C[S+]([O-])CC2CC2)CC1. The van der Waals surface area contributed by atoms with Crippen LogP contribution in [-0.2, 0) is 11.2 Å². The maximum Gasteiger partial charge on any atom is 0.140 e. The minimum Gasteiger partial charge on any atom is -0.616 e. The van der Waals surface area contributed by atoms with Gasteiger partial charge in [0.05, 0.1) is 28.4 Å². The minimum atomic E-state index is -0.600. The van der Waals surface area contributed by atoms with E-state index in [1.54, 1.807) is 18.3 Å². The highest BCUT2D eigenvalue weighted by atomic mass is 127. The van der Waals surface area contributed by atoms with E-state index >= 15 is 0 Å². The first-order chi connectivity index (χ1) is 12.6. The molecule has 0 N–H and O–H groups in total. The monoisotopic (exact) mass is 504 g/mol. The zero-order valence-corrected chi connectivity index (χ0v) is 18.8. The molecular weight excluding hydrogens is 479 g/mol. The van der Waals surface area contributed by atoms with Crippen molar-refractivity contribution in [2.45, 2.75) is 49.6 Å². The lowest BCUT2D eigenvalue weighted by atomic mass is 9.86. The van der Waals surface area contributed by atoms with E-state index in [-0.39, 0.29) is 0 Å². The van der Waals surface area contributed by atoms with Crippen molar-refractivity contribution in [3.8, 4) is 0 Å². The summed E-state index contributed by atoms with van der Waals surface area (Å²) in [5, 5.41) is 1.02. The number of hydrogen-bond donors (Lipinski definition) is 0. The van der Waals surface area contributed by atoms with E-state index in [9.17, 15) is 4.55 Å². The molecule has 5 nitrogen and oxygen atoms in total. The summed E-state index contributed by atoms with van der Waals surface area (Å²) in [6.45, 7) is 0. The second kappa shape index (κ2) is 8.45. The van der Waals surface area contributed by atoms with Crippen molar-refractivity contribution in [1.29, 1.82) is 0 Å². The largest absolute Gasteiger partial charge is 0.616 e. The molecule has 2 saturated carbocycles. The quantitative estimate of drug-likeness (QED) is 0.190. The summed E-state index contributed by atoms with van der Waals surface area (Å²) in [5.41, 5.74) is 1.13. The molecule has 2 fully saturated rings. The maximum atomic E-state index is 12.3. The molecule has 1 aromatic heterocycles. The lowest BCUT2D eigenvalue weighted by Gasteiger charge is -2.36. The van der Waals surface area contributed by atoms with Gasteiger partial charge in [-0.3, -0.25) is 2.52 Å². The summed E-state index contributed by atoms with van der Waals surface area (Å²) in [7, 11) is 2.16. The molecule has 4 rings (SSSR count). The number of hydrogen-bond acceptors (Lipinski definition) is 6. The zero-order valence-electron chi connectivity index (χ0n) is 15.0. The van der Waals surface area contributed by atoms with Gasteiger partial charge in [0.25, 0.3) is 0 Å². The highest BCUT2D eigenvalue weighted by Crippen LogP contribution is 2.39. The molecule has 0 aromatic carbocycles. The molecule has 0 amide bonds. The van der Waals surface area contributed by atoms with Gasteiger partial charge in [-0.15, -0.1) is 0 Å². The van der Waals surface area contributed by atoms with E-state index in [4.69, 9.17) is 0 Å². The van der Waals surface area contributed by atoms with Crippen LogP contribution in [0.25, 0.3) is 6.08 Å². The van der Waals surface area contributed by atoms with Crippen molar-refractivity contribution >= 4 is 57.9 Å². The van der Waals surface area contributed by atoms with Gasteiger partial charge in [0, 0.05) is 43.1 Å². The molecule has 142 valence electrons. The Hall–Kier alpha value is -0.190. The van der Waals surface area contributed by atoms with Crippen molar-refractivity contribution in [2.24, 2.45) is 11.8 Å². The lowest BCUT2D eigenvalue weighted by molar-refractivity contribution is 0.340. The molecule has 0 spiro atoms. The average Bonchev–Trinajstić information content (AvgIpc) is 3.45. The Morgan fingerprint density at radius 1 is 1.19 bits per heavy atom. The second-order valence-corrected chi connectivity index (χ2v) is 11.8. The predicted octanol–water partition coefficient (Wildman–Crippen LogP) is 4.27. The van der Waals surface area contributed by atoms with Crippen LogP contribution < -0.4 is 4.90 Å². The predicted molar refractivity (Wildman–Crippen MR) is 118 cm³/mol. The zero-order chi connectivity index (χ0) is 18.1. The topological polar surface area (TPSA) is 55.3 Å². The average molecular weight is 504 g/mol. The fourth-order valence-electron chi connectivity index (χ4n) is 3.87. The first-order valence-corrected chi connectivity index (χ1v) is 12.6. The number of nitrogens with zero attached hydrogens (tertiary/aromatic N) is 4. The standard InChI is InChI=1S/C18H25IN4OS2/c1-22(17-16-8-9-23(19)25-18(16)21-12-20-17)15-6-4-14(5-7-15)11-26(24)10-13-2-3-13/h8-9,12-15H,2-7,10-11H2,1H3. The molecule has 26 heavy (non-hydrogen) atoms. The Morgan fingerprint density at radius 3 is 2.50 bits per heavy atom. The Morgan fingerprint density at radius 2 is 1.85 bits per heavy atom. The third kappa shape index (κ3) is 4.62. The molecule has 1 unspecified atom stereocenters. The van der Waals surface area contributed by atoms with Crippen molar-refractivity contribution in [3.05, 3.63) is 18.1 Å². The van der Waals surface area contributed by atoms with E-state index in [1.165, 1.54) is 25.7 Å². The Labute approximate surface area is 177 Å². The van der Waals surface area contributed by atoms with Gasteiger partial charge in [0.1, 0.15) is 28.7 Å². The Balaban J connectivity index is 1.35. The first-order valence-electron chi connectivity index (χ1n) is 9.34. The number of halogens is 1. The fraction of sp³-hybridized carbons (Fsp3) is 0.667. The molecule has 0 bridgehead atoms. The second-order valence-electron chi connectivity index (χ2n) is 7.60. The smallest absolute Gasteiger partial charge is 0.140 e. The Bertz CT molecular complexity index is 665. The fourth-order valence-corrected chi connectivity index (χ4v) is 7.08. The van der Waals surface area contributed by atoms with Crippen LogP contribution in [0, 0.1) is 11.8 Å². The van der Waals surface area contributed by atoms with Crippen LogP contribution >= 0.6 is 34.8 Å². The number of fused-ring (bicyclic) bond motifs is 1. The summed E-state index contributed by atoms with van der Waals surface area (Å²) in [6.07, 6.45) is 13.1. The molecule has 1 aliphatic heterocycles. The third-order valence-corrected chi connectivity index (χ3v) is 8.99. The van der Waals surface area contributed by atoms with E-state index in [0.717, 1.165) is 46.7 Å². The molecule has 8 heteroatoms. The van der Waals surface area contributed by atoms with Crippen LogP contribution in [0.1, 0.15) is 44.1 Å². The van der Waals surface area contributed by atoms with Crippen LogP contribution in [0.2, 0.25) is 0 Å². The highest BCUT2D eigenvalue weighted by molar-refractivity contribution is 14.1. The highest BCUT2D eigenvalue weighted by Gasteiger charge is 2.32. The van der Waals surface area contributed by atoms with Gasteiger partial charge >= 0.3 is 0 Å². The molecule has 1 aromatic rings. The molecule has 3 aliphatic rings. The molecule has 1 atom stereocenters. The van der Waals surface area contributed by atoms with Crippen LogP contribution in [0.15, 0.2) is 17.6 Å². The van der Waals surface area contributed by atoms with Gasteiger partial charge in [0.2, 0.25) is 0 Å². The number of rotatable bonds is 6. The van der Waals surface area contributed by atoms with Crippen molar-refractivity contribution in [2.75, 3.05) is 23.5 Å². The van der Waals surface area contributed by atoms with Crippen LogP contribution in [0.4, 0.5) is 5.82 Å². The van der Waals surface area contributed by atoms with Gasteiger partial charge in [-0.2, -0.15) is 0 Å². The summed E-state index contributed by atoms with van der Waals surface area (Å²) in [6, 6.07) is 0.512. The summed E-state index contributed by atoms with van der Waals surface area (Å²) < 4.78 is 14.3. The van der Waals surface area contributed by atoms with Crippen LogP contribution in [0.5, 0.6) is 0 Å². The van der Waals surface area contributed by atoms with Crippen LogP contribution in [0.3, 0.4) is 0 Å². The maximum absolute atomic E-state index is 12.3. The molecule has 0 radical (unpaired) electrons. The van der Waals surface area contributed by atoms with E-state index < -0.39 is 11.2 Å². The normalized spacial score (nSPS) is 26.5. The van der Waals surface area contributed by atoms with Gasteiger partial charge in [-0.1, -0.05) is 11.2 Å². The molecule has 0 saturated heterocycles. The first kappa shape index (κ1) is 19.1. The van der Waals surface area contributed by atoms with Crippen molar-refractivity contribution in [1.82, 2.24) is 12.5 Å². The van der Waals surface area contributed by atoms with Gasteiger partial charge in [-0.05, 0) is 44.6 Å². The molecule has 2 heterocycles. The van der Waals surface area contributed by atoms with E-state index in [1.807, 2.05) is 2.52 Å². The summed E-state index contributed by atoms with van der Waals surface area (Å²) in [4.78, 5) is 11.3. The van der Waals surface area contributed by atoms with Crippen molar-refractivity contribution < 1.29 is 4.55 Å². The van der Waals surface area contributed by atoms with Gasteiger partial charge in [0.15, 0.2) is 0 Å². The molecular formula is C18H25IN4OS2. The van der Waals surface area contributed by atoms with E-state index in [2.05, 4.69) is 57.1 Å². The number of aromatic nitrogens is 2. The van der Waals surface area contributed by atoms with Crippen LogP contribution in [-0.4, -0.2) is 41.6 Å².